The van der Waals surface area contributed by atoms with Crippen LogP contribution < -0.4 is 0 Å². The average molecular weight is 502 g/mol. The number of aliphatic hydroxyl groups is 10. The van der Waals surface area contributed by atoms with Crippen LogP contribution in [0.2, 0.25) is 0 Å². The fraction of sp³-hybridized carbons (Fsp3) is 1.00. The Hall–Kier alpha value is -0.600. The summed E-state index contributed by atoms with van der Waals surface area (Å²) in [5, 5.41) is 99.5. The first kappa shape index (κ1) is 28.0. The molecule has 34 heavy (non-hydrogen) atoms. The van der Waals surface area contributed by atoms with Gasteiger partial charge in [0.15, 0.2) is 18.9 Å². The highest BCUT2D eigenvalue weighted by atomic mass is 16.7. The normalized spacial score (nSPS) is 52.5. The summed E-state index contributed by atoms with van der Waals surface area (Å²) < 4.78 is 26.6. The quantitative estimate of drug-likeness (QED) is 0.155. The predicted molar refractivity (Wildman–Crippen MR) is 104 cm³/mol. The van der Waals surface area contributed by atoms with Crippen molar-refractivity contribution in [1.82, 2.24) is 0 Å². The summed E-state index contributed by atoms with van der Waals surface area (Å²) in [6.07, 6.45) is -22.7. The zero-order valence-corrected chi connectivity index (χ0v) is 18.3. The third-order valence-corrected chi connectivity index (χ3v) is 6.28. The highest BCUT2D eigenvalue weighted by Gasteiger charge is 2.48. The largest absolute Gasteiger partial charge is 0.388 e. The van der Waals surface area contributed by atoms with Gasteiger partial charge in [0.25, 0.3) is 0 Å². The van der Waals surface area contributed by atoms with E-state index in [0.717, 1.165) is 0 Å². The van der Waals surface area contributed by atoms with Crippen molar-refractivity contribution < 1.29 is 74.7 Å². The summed E-state index contributed by atoms with van der Waals surface area (Å²) in [5.41, 5.74) is 0. The molecule has 15 heteroatoms. The van der Waals surface area contributed by atoms with Crippen LogP contribution in [0.1, 0.15) is 13.3 Å². The lowest BCUT2D eigenvalue weighted by Gasteiger charge is -2.43. The number of ether oxygens (including phenoxy) is 5. The Morgan fingerprint density at radius 1 is 0.471 bits per heavy atom. The molecule has 3 aliphatic rings. The van der Waals surface area contributed by atoms with Gasteiger partial charge >= 0.3 is 0 Å². The van der Waals surface area contributed by atoms with Crippen molar-refractivity contribution in [3.63, 3.8) is 0 Å². The van der Waals surface area contributed by atoms with E-state index in [4.69, 9.17) is 23.7 Å². The Morgan fingerprint density at radius 2 is 0.853 bits per heavy atom. The van der Waals surface area contributed by atoms with E-state index < -0.39 is 105 Å². The van der Waals surface area contributed by atoms with Gasteiger partial charge in [-0.3, -0.25) is 0 Å². The fourth-order valence-corrected chi connectivity index (χ4v) is 4.03. The minimum atomic E-state index is -1.81. The van der Waals surface area contributed by atoms with Crippen molar-refractivity contribution in [2.24, 2.45) is 0 Å². The van der Waals surface area contributed by atoms with E-state index in [1.54, 1.807) is 6.92 Å². The molecule has 3 rings (SSSR count). The molecule has 3 heterocycles. The molecule has 0 radical (unpaired) electrons. The van der Waals surface area contributed by atoms with E-state index in [1.165, 1.54) is 0 Å². The molecule has 0 amide bonds. The van der Waals surface area contributed by atoms with E-state index in [9.17, 15) is 51.1 Å². The summed E-state index contributed by atoms with van der Waals surface area (Å²) in [6, 6.07) is 0. The molecule has 10 N–H and O–H groups in total. The molecule has 0 spiro atoms. The molecule has 15 nitrogen and oxygen atoms in total. The van der Waals surface area contributed by atoms with Gasteiger partial charge in [0, 0.05) is 0 Å². The van der Waals surface area contributed by atoms with Gasteiger partial charge in [0.1, 0.15) is 67.1 Å². The first-order chi connectivity index (χ1) is 16.0. The summed E-state index contributed by atoms with van der Waals surface area (Å²) in [4.78, 5) is 0. The van der Waals surface area contributed by atoms with Gasteiger partial charge in [-0.15, -0.1) is 0 Å². The van der Waals surface area contributed by atoms with Crippen LogP contribution in [0.5, 0.6) is 0 Å². The maximum Gasteiger partial charge on any atom is 0.186 e. The second kappa shape index (κ2) is 11.6. The Labute approximate surface area is 194 Å². The molecule has 0 aromatic heterocycles. The maximum absolute atomic E-state index is 10.2. The molecule has 6 unspecified atom stereocenters. The highest BCUT2D eigenvalue weighted by molar-refractivity contribution is 4.92. The topological polar surface area (TPSA) is 248 Å². The van der Waals surface area contributed by atoms with Gasteiger partial charge in [0.2, 0.25) is 0 Å². The van der Waals surface area contributed by atoms with Crippen molar-refractivity contribution in [2.45, 2.75) is 105 Å². The van der Waals surface area contributed by atoms with E-state index in [2.05, 4.69) is 0 Å². The molecule has 0 bridgehead atoms. The molecule has 3 fully saturated rings. The van der Waals surface area contributed by atoms with Crippen LogP contribution in [-0.4, -0.2) is 156 Å². The number of aliphatic hydroxyl groups excluding tert-OH is 10. The summed E-state index contributed by atoms with van der Waals surface area (Å²) in [5.74, 6) is 0. The summed E-state index contributed by atoms with van der Waals surface area (Å²) >= 11 is 0. The molecule has 0 saturated carbocycles. The monoisotopic (exact) mass is 502 g/mol. The Kier molecular flexibility index (Phi) is 9.57. The maximum atomic E-state index is 10.2. The van der Waals surface area contributed by atoms with Crippen LogP contribution in [0.3, 0.4) is 0 Å². The Morgan fingerprint density at radius 3 is 1.32 bits per heavy atom. The highest BCUT2D eigenvalue weighted by Crippen LogP contribution is 2.28. The molecule has 3 saturated heterocycles. The second-order valence-electron chi connectivity index (χ2n) is 8.64. The second-order valence-corrected chi connectivity index (χ2v) is 8.64. The van der Waals surface area contributed by atoms with Crippen molar-refractivity contribution in [3.8, 4) is 0 Å². The molecule has 0 aromatic rings. The molecule has 0 aliphatic carbocycles. The van der Waals surface area contributed by atoms with Crippen LogP contribution in [0, 0.1) is 0 Å². The van der Waals surface area contributed by atoms with Gasteiger partial charge in [-0.1, -0.05) is 6.92 Å². The molecule has 200 valence electrons. The SMILES string of the molecule is CCC1O[C@H](OCC2O[C@H](OCC3O[C@H](O)C(O)[C@H](O)[C@@H]3O)C(O)[C@H](O)[C@@H]2O)C(O)[C@H](O)[C@@H]1O. The van der Waals surface area contributed by atoms with E-state index in [1.807, 2.05) is 0 Å². The minimum absolute atomic E-state index is 0.309. The van der Waals surface area contributed by atoms with Gasteiger partial charge in [-0.2, -0.15) is 0 Å². The number of rotatable bonds is 7. The number of hydrogen-bond acceptors (Lipinski definition) is 15. The van der Waals surface area contributed by atoms with Crippen LogP contribution in [0.25, 0.3) is 0 Å². The summed E-state index contributed by atoms with van der Waals surface area (Å²) in [7, 11) is 0. The van der Waals surface area contributed by atoms with Gasteiger partial charge in [-0.25, -0.2) is 0 Å². The third-order valence-electron chi connectivity index (χ3n) is 6.28. The molecule has 15 atom stereocenters. The van der Waals surface area contributed by atoms with Crippen molar-refractivity contribution >= 4 is 0 Å². The summed E-state index contributed by atoms with van der Waals surface area (Å²) in [6.45, 7) is 0.652. The number of hydrogen-bond donors (Lipinski definition) is 10. The first-order valence-corrected chi connectivity index (χ1v) is 11.0. The zero-order chi connectivity index (χ0) is 25.3. The van der Waals surface area contributed by atoms with Crippen LogP contribution in [0.4, 0.5) is 0 Å². The average Bonchev–Trinajstić information content (AvgIpc) is 2.82. The van der Waals surface area contributed by atoms with Crippen molar-refractivity contribution in [2.75, 3.05) is 13.2 Å². The Bertz CT molecular complexity index is 639. The van der Waals surface area contributed by atoms with Gasteiger partial charge in [-0.05, 0) is 6.42 Å². The first-order valence-electron chi connectivity index (χ1n) is 11.0. The third kappa shape index (κ3) is 5.69. The standard InChI is InChI=1S/C19H34O15/c1-2-5-8(20)12(24)15(27)18(33-5)31-4-7-10(22)13(25)16(28)19(34-7)30-3-6-9(21)11(23)14(26)17(29)32-6/h5-29H,2-4H2,1H3/t5?,6?,7?,8-,9-,10-,11-,12-,13-,14?,15?,16?,17+,18+,19+/m1/s1. The van der Waals surface area contributed by atoms with Gasteiger partial charge in [0.05, 0.1) is 19.3 Å². The molecule has 3 aliphatic heterocycles. The van der Waals surface area contributed by atoms with E-state index >= 15 is 0 Å². The lowest BCUT2D eigenvalue weighted by molar-refractivity contribution is -0.339. The lowest BCUT2D eigenvalue weighted by atomic mass is 9.97. The van der Waals surface area contributed by atoms with Crippen molar-refractivity contribution in [3.05, 3.63) is 0 Å². The predicted octanol–water partition coefficient (Wildman–Crippen LogP) is -6.16. The molecular weight excluding hydrogens is 468 g/mol. The fourth-order valence-electron chi connectivity index (χ4n) is 4.03. The zero-order valence-electron chi connectivity index (χ0n) is 18.3. The van der Waals surface area contributed by atoms with Gasteiger partial charge < -0.3 is 74.7 Å². The lowest BCUT2D eigenvalue weighted by Crippen LogP contribution is -2.62. The van der Waals surface area contributed by atoms with E-state index in [-0.39, 0.29) is 0 Å². The van der Waals surface area contributed by atoms with E-state index in [0.29, 0.717) is 6.42 Å². The smallest absolute Gasteiger partial charge is 0.186 e. The van der Waals surface area contributed by atoms with Crippen LogP contribution in [0.15, 0.2) is 0 Å². The molecular formula is C19H34O15. The van der Waals surface area contributed by atoms with Crippen LogP contribution >= 0.6 is 0 Å². The van der Waals surface area contributed by atoms with Crippen molar-refractivity contribution in [1.29, 1.82) is 0 Å². The Balaban J connectivity index is 1.58. The minimum Gasteiger partial charge on any atom is -0.388 e. The molecule has 0 aromatic carbocycles. The van der Waals surface area contributed by atoms with Crippen LogP contribution in [-0.2, 0) is 23.7 Å².